The zero-order valence-electron chi connectivity index (χ0n) is 12.3. The smallest absolute Gasteiger partial charge is 0.0557 e. The molecule has 0 spiro atoms. The molecule has 0 aliphatic heterocycles. The van der Waals surface area contributed by atoms with E-state index in [0.717, 1.165) is 0 Å². The first-order chi connectivity index (χ1) is 8.91. The highest BCUT2D eigenvalue weighted by Crippen LogP contribution is 2.32. The van der Waals surface area contributed by atoms with Gasteiger partial charge in [-0.3, -0.25) is 0 Å². The van der Waals surface area contributed by atoms with Gasteiger partial charge in [0.25, 0.3) is 0 Å². The molecule has 2 rings (SSSR count). The first-order valence-electron chi connectivity index (χ1n) is 6.82. The second-order valence-electron chi connectivity index (χ2n) is 6.17. The topological polar surface area (TPSA) is 26.0 Å². The van der Waals surface area contributed by atoms with E-state index in [9.17, 15) is 0 Å². The molecule has 1 atom stereocenters. The third-order valence-electron chi connectivity index (χ3n) is 3.63. The molecule has 0 bridgehead atoms. The average Bonchev–Trinajstić information content (AvgIpc) is 2.37. The zero-order valence-corrected chi connectivity index (χ0v) is 12.3. The van der Waals surface area contributed by atoms with Gasteiger partial charge in [-0.1, -0.05) is 69.3 Å². The zero-order chi connectivity index (χ0) is 14.0. The van der Waals surface area contributed by atoms with Crippen molar-refractivity contribution in [3.63, 3.8) is 0 Å². The van der Waals surface area contributed by atoms with E-state index in [-0.39, 0.29) is 11.5 Å². The van der Waals surface area contributed by atoms with E-state index in [1.165, 1.54) is 22.3 Å². The minimum absolute atomic E-state index is 0.0587. The summed E-state index contributed by atoms with van der Waals surface area (Å²) in [5, 5.41) is 0. The molecule has 0 amide bonds. The summed E-state index contributed by atoms with van der Waals surface area (Å²) in [5.41, 5.74) is 11.6. The lowest BCUT2D eigenvalue weighted by Gasteiger charge is -2.26. The number of hydrogen-bond acceptors (Lipinski definition) is 1. The molecule has 2 aromatic carbocycles. The van der Waals surface area contributed by atoms with E-state index in [4.69, 9.17) is 5.73 Å². The number of aryl methyl sites for hydroxylation is 1. The molecule has 1 nitrogen and oxygen atoms in total. The van der Waals surface area contributed by atoms with Crippen LogP contribution in [0.3, 0.4) is 0 Å². The van der Waals surface area contributed by atoms with Crippen molar-refractivity contribution in [3.8, 4) is 0 Å². The van der Waals surface area contributed by atoms with Gasteiger partial charge in [0.15, 0.2) is 0 Å². The molecular weight excluding hydrogens is 230 g/mol. The standard InChI is InChI=1S/C18H23N/c1-13-9-5-6-10-14(13)17(19)15-11-7-8-12-16(15)18(2,3)4/h5-12,17H,19H2,1-4H3. The molecule has 0 saturated heterocycles. The average molecular weight is 253 g/mol. The van der Waals surface area contributed by atoms with Crippen molar-refractivity contribution in [2.75, 3.05) is 0 Å². The van der Waals surface area contributed by atoms with Crippen LogP contribution in [0.1, 0.15) is 49.1 Å². The molecule has 2 aromatic rings. The third-order valence-corrected chi connectivity index (χ3v) is 3.63. The lowest BCUT2D eigenvalue weighted by molar-refractivity contribution is 0.577. The Bertz CT molecular complexity index is 564. The fourth-order valence-corrected chi connectivity index (χ4v) is 2.55. The molecule has 1 unspecified atom stereocenters. The second-order valence-corrected chi connectivity index (χ2v) is 6.17. The number of rotatable bonds is 2. The Kier molecular flexibility index (Phi) is 3.77. The van der Waals surface area contributed by atoms with E-state index in [0.29, 0.717) is 0 Å². The van der Waals surface area contributed by atoms with E-state index < -0.39 is 0 Å². The van der Waals surface area contributed by atoms with Gasteiger partial charge in [-0.25, -0.2) is 0 Å². The lowest BCUT2D eigenvalue weighted by atomic mass is 9.80. The highest BCUT2D eigenvalue weighted by atomic mass is 14.6. The lowest BCUT2D eigenvalue weighted by Crippen LogP contribution is -2.21. The Balaban J connectivity index is 2.51. The van der Waals surface area contributed by atoms with Crippen molar-refractivity contribution < 1.29 is 0 Å². The van der Waals surface area contributed by atoms with Crippen LogP contribution in [0.2, 0.25) is 0 Å². The summed E-state index contributed by atoms with van der Waals surface area (Å²) in [4.78, 5) is 0. The Morgan fingerprint density at radius 2 is 1.37 bits per heavy atom. The molecule has 0 radical (unpaired) electrons. The molecule has 2 N–H and O–H groups in total. The van der Waals surface area contributed by atoms with Crippen molar-refractivity contribution in [2.24, 2.45) is 5.73 Å². The number of benzene rings is 2. The van der Waals surface area contributed by atoms with Gasteiger partial charge >= 0.3 is 0 Å². The largest absolute Gasteiger partial charge is 0.320 e. The monoisotopic (exact) mass is 253 g/mol. The van der Waals surface area contributed by atoms with Gasteiger partial charge < -0.3 is 5.73 Å². The molecule has 100 valence electrons. The summed E-state index contributed by atoms with van der Waals surface area (Å²) >= 11 is 0. The molecule has 1 heteroatoms. The van der Waals surface area contributed by atoms with Gasteiger partial charge in [-0.05, 0) is 34.6 Å². The van der Waals surface area contributed by atoms with Gasteiger partial charge in [-0.2, -0.15) is 0 Å². The molecule has 0 aromatic heterocycles. The predicted molar refractivity (Wildman–Crippen MR) is 82.4 cm³/mol. The van der Waals surface area contributed by atoms with Crippen LogP contribution in [0.25, 0.3) is 0 Å². The molecule has 0 heterocycles. The molecule has 19 heavy (non-hydrogen) atoms. The van der Waals surface area contributed by atoms with Crippen LogP contribution in [0.15, 0.2) is 48.5 Å². The van der Waals surface area contributed by atoms with Gasteiger partial charge in [-0.15, -0.1) is 0 Å². The minimum atomic E-state index is -0.0587. The molecule has 0 fully saturated rings. The van der Waals surface area contributed by atoms with E-state index >= 15 is 0 Å². The third kappa shape index (κ3) is 2.87. The summed E-state index contributed by atoms with van der Waals surface area (Å²) in [5.74, 6) is 0. The fraction of sp³-hybridized carbons (Fsp3) is 0.333. The maximum Gasteiger partial charge on any atom is 0.0557 e. The van der Waals surface area contributed by atoms with Crippen molar-refractivity contribution >= 4 is 0 Å². The van der Waals surface area contributed by atoms with Crippen molar-refractivity contribution in [2.45, 2.75) is 39.2 Å². The van der Waals surface area contributed by atoms with Gasteiger partial charge in [0.1, 0.15) is 0 Å². The Hall–Kier alpha value is -1.60. The Labute approximate surface area is 116 Å². The summed E-state index contributed by atoms with van der Waals surface area (Å²) < 4.78 is 0. The highest BCUT2D eigenvalue weighted by Gasteiger charge is 2.21. The predicted octanol–water partition coefficient (Wildman–Crippen LogP) is 4.34. The Morgan fingerprint density at radius 1 is 0.842 bits per heavy atom. The summed E-state index contributed by atoms with van der Waals surface area (Å²) in [7, 11) is 0. The second kappa shape index (κ2) is 5.18. The van der Waals surface area contributed by atoms with Crippen LogP contribution in [-0.4, -0.2) is 0 Å². The van der Waals surface area contributed by atoms with E-state index in [1.54, 1.807) is 0 Å². The van der Waals surface area contributed by atoms with Crippen LogP contribution in [0.5, 0.6) is 0 Å². The normalized spacial score (nSPS) is 13.3. The summed E-state index contributed by atoms with van der Waals surface area (Å²) in [6.45, 7) is 8.82. The quantitative estimate of drug-likeness (QED) is 0.846. The van der Waals surface area contributed by atoms with Crippen LogP contribution >= 0.6 is 0 Å². The fourth-order valence-electron chi connectivity index (χ4n) is 2.55. The van der Waals surface area contributed by atoms with Gasteiger partial charge in [0, 0.05) is 0 Å². The maximum atomic E-state index is 6.51. The maximum absolute atomic E-state index is 6.51. The molecular formula is C18H23N. The first kappa shape index (κ1) is 13.8. The minimum Gasteiger partial charge on any atom is -0.320 e. The summed E-state index contributed by atoms with van der Waals surface area (Å²) in [6, 6.07) is 16.8. The van der Waals surface area contributed by atoms with E-state index in [2.05, 4.69) is 76.2 Å². The van der Waals surface area contributed by atoms with Gasteiger partial charge in [0.2, 0.25) is 0 Å². The first-order valence-corrected chi connectivity index (χ1v) is 6.82. The molecule has 0 saturated carbocycles. The van der Waals surface area contributed by atoms with E-state index in [1.807, 2.05) is 0 Å². The number of nitrogens with two attached hydrogens (primary N) is 1. The van der Waals surface area contributed by atoms with Crippen molar-refractivity contribution in [3.05, 3.63) is 70.8 Å². The summed E-state index contributed by atoms with van der Waals surface area (Å²) in [6.07, 6.45) is 0. The van der Waals surface area contributed by atoms with Gasteiger partial charge in [0.05, 0.1) is 6.04 Å². The highest BCUT2D eigenvalue weighted by molar-refractivity contribution is 5.42. The van der Waals surface area contributed by atoms with Crippen LogP contribution < -0.4 is 5.73 Å². The van der Waals surface area contributed by atoms with Crippen LogP contribution in [-0.2, 0) is 5.41 Å². The van der Waals surface area contributed by atoms with Crippen LogP contribution in [0, 0.1) is 6.92 Å². The SMILES string of the molecule is Cc1ccccc1C(N)c1ccccc1C(C)(C)C. The van der Waals surface area contributed by atoms with Crippen molar-refractivity contribution in [1.82, 2.24) is 0 Å². The van der Waals surface area contributed by atoms with Crippen LogP contribution in [0.4, 0.5) is 0 Å². The van der Waals surface area contributed by atoms with Crippen molar-refractivity contribution in [1.29, 1.82) is 0 Å². The molecule has 0 aliphatic rings. The Morgan fingerprint density at radius 3 is 1.95 bits per heavy atom. The molecule has 0 aliphatic carbocycles. The number of hydrogen-bond donors (Lipinski definition) is 1.